The zero-order chi connectivity index (χ0) is 17.1. The highest BCUT2D eigenvalue weighted by atomic mass is 16.5. The summed E-state index contributed by atoms with van der Waals surface area (Å²) in [5.74, 6) is 1.06. The number of ether oxygens (including phenoxy) is 2. The quantitative estimate of drug-likeness (QED) is 0.683. The van der Waals surface area contributed by atoms with E-state index in [0.29, 0.717) is 17.9 Å². The second kappa shape index (κ2) is 6.30. The number of tetrazole rings is 1. The van der Waals surface area contributed by atoms with E-state index in [9.17, 15) is 4.79 Å². The number of pyridine rings is 1. The fourth-order valence-electron chi connectivity index (χ4n) is 1.96. The van der Waals surface area contributed by atoms with Crippen molar-refractivity contribution in [1.82, 2.24) is 35.0 Å². The van der Waals surface area contributed by atoms with Crippen molar-refractivity contribution in [2.45, 2.75) is 13.5 Å². The van der Waals surface area contributed by atoms with Crippen molar-refractivity contribution in [3.63, 3.8) is 0 Å². The Balaban J connectivity index is 2.00. The van der Waals surface area contributed by atoms with E-state index in [0.717, 1.165) is 14.5 Å². The van der Waals surface area contributed by atoms with Crippen molar-refractivity contribution in [2.75, 3.05) is 6.61 Å². The first-order valence-corrected chi connectivity index (χ1v) is 6.88. The number of nitrogens with one attached hydrogen (secondary N) is 1. The van der Waals surface area contributed by atoms with E-state index in [1.165, 1.54) is 19.4 Å². The molecule has 0 saturated heterocycles. The van der Waals surface area contributed by atoms with Gasteiger partial charge in [0, 0.05) is 25.5 Å². The van der Waals surface area contributed by atoms with Crippen LogP contribution in [0.15, 0.2) is 29.3 Å². The van der Waals surface area contributed by atoms with Crippen molar-refractivity contribution in [3.05, 3.63) is 40.6 Å². The summed E-state index contributed by atoms with van der Waals surface area (Å²) in [4.78, 5) is 16.3. The Labute approximate surface area is 132 Å². The average molecular weight is 319 g/mol. The van der Waals surface area contributed by atoms with Crippen LogP contribution in [0.4, 0.5) is 0 Å². The predicted molar refractivity (Wildman–Crippen MR) is 78.5 cm³/mol. The summed E-state index contributed by atoms with van der Waals surface area (Å²) in [5.41, 5.74) is 0.0920. The molecule has 0 bridgehead atoms. The molecule has 23 heavy (non-hydrogen) atoms. The van der Waals surface area contributed by atoms with E-state index in [1.807, 2.05) is 6.92 Å². The van der Waals surface area contributed by atoms with E-state index in [4.69, 9.17) is 10.9 Å². The SMILES string of the molecule is [3H]n1ccc(OCc2c(OCC)ccnc2-n2nnn(C)c2=O)n1. The molecule has 0 spiro atoms. The first-order valence-electron chi connectivity index (χ1n) is 7.32. The van der Waals surface area contributed by atoms with Gasteiger partial charge in [0.2, 0.25) is 5.88 Å². The first-order chi connectivity index (χ1) is 11.6. The topological polar surface area (TPSA) is 113 Å². The third-order valence-corrected chi connectivity index (χ3v) is 3.02. The summed E-state index contributed by atoms with van der Waals surface area (Å²) in [6.07, 6.45) is 2.96. The zero-order valence-corrected chi connectivity index (χ0v) is 12.6. The third-order valence-electron chi connectivity index (χ3n) is 3.02. The lowest BCUT2D eigenvalue weighted by Crippen LogP contribution is -2.24. The molecule has 0 amide bonds. The van der Waals surface area contributed by atoms with Crippen molar-refractivity contribution < 1.29 is 10.9 Å². The molecule has 1 N–H and O–H groups in total. The molecule has 0 aliphatic rings. The van der Waals surface area contributed by atoms with Crippen LogP contribution in [0.2, 0.25) is 1.41 Å². The van der Waals surface area contributed by atoms with Crippen LogP contribution in [-0.2, 0) is 13.7 Å². The molecule has 0 fully saturated rings. The van der Waals surface area contributed by atoms with Crippen molar-refractivity contribution in [3.8, 4) is 17.4 Å². The predicted octanol–water partition coefficient (Wildman–Crippen LogP) is 0.0618. The number of hydrogen-bond donors (Lipinski definition) is 1. The van der Waals surface area contributed by atoms with Gasteiger partial charge in [-0.1, -0.05) is 0 Å². The second-order valence-electron chi connectivity index (χ2n) is 4.50. The number of hydrogen-bond acceptors (Lipinski definition) is 7. The molecular weight excluding hydrogens is 302 g/mol. The van der Waals surface area contributed by atoms with Crippen LogP contribution in [0, 0.1) is 0 Å². The normalized spacial score (nSPS) is 11.3. The molecule has 0 atom stereocenters. The summed E-state index contributed by atoms with van der Waals surface area (Å²) < 4.78 is 20.7. The van der Waals surface area contributed by atoms with Gasteiger partial charge in [-0.3, -0.25) is 5.09 Å². The minimum Gasteiger partial charge on any atom is -0.493 e. The molecular formula is C13H15N7O3. The molecule has 10 heteroatoms. The van der Waals surface area contributed by atoms with Crippen LogP contribution in [0.25, 0.3) is 5.82 Å². The van der Waals surface area contributed by atoms with Gasteiger partial charge in [0.1, 0.15) is 12.4 Å². The molecule has 0 unspecified atom stereocenters. The van der Waals surface area contributed by atoms with E-state index in [2.05, 4.69) is 20.5 Å². The summed E-state index contributed by atoms with van der Waals surface area (Å²) in [6.45, 7) is 2.33. The van der Waals surface area contributed by atoms with Gasteiger partial charge in [-0.25, -0.2) is 9.78 Å². The lowest BCUT2D eigenvalue weighted by molar-refractivity contribution is 0.276. The molecule has 3 aromatic rings. The molecule has 0 aliphatic heterocycles. The Morgan fingerprint density at radius 3 is 2.87 bits per heavy atom. The molecule has 3 heterocycles. The summed E-state index contributed by atoms with van der Waals surface area (Å²) >= 11 is 0. The Morgan fingerprint density at radius 1 is 1.35 bits per heavy atom. The monoisotopic (exact) mass is 319 g/mol. The van der Waals surface area contributed by atoms with E-state index in [-0.39, 0.29) is 18.3 Å². The van der Waals surface area contributed by atoms with Gasteiger partial charge in [0.25, 0.3) is 0 Å². The largest absolute Gasteiger partial charge is 0.493 e. The number of aromatic amines is 1. The Hall–Kier alpha value is -3.17. The van der Waals surface area contributed by atoms with Crippen LogP contribution in [-0.4, -0.2) is 41.6 Å². The summed E-state index contributed by atoms with van der Waals surface area (Å²) in [5, 5.41) is 12.2. The maximum Gasteiger partial charge on any atom is 0.369 e. The lowest BCUT2D eigenvalue weighted by atomic mass is 10.2. The Morgan fingerprint density at radius 2 is 2.22 bits per heavy atom. The number of aromatic nitrogens is 7. The van der Waals surface area contributed by atoms with Gasteiger partial charge in [-0.15, -0.1) is 9.78 Å². The third kappa shape index (κ3) is 2.91. The standard InChI is InChI=1S/C13H15N7O3/c1-3-22-10-4-6-14-12(20-13(21)19(2)17-18-20)9(10)8-23-11-5-7-15-16-11/h4-7H,3,8H2,1-2H3,(H,15,16)/i/hT. The van der Waals surface area contributed by atoms with Gasteiger partial charge >= 0.3 is 5.69 Å². The number of aryl methyl sites for hydroxylation is 1. The maximum absolute atomic E-state index is 12.1. The zero-order valence-electron chi connectivity index (χ0n) is 13.6. The van der Waals surface area contributed by atoms with Gasteiger partial charge < -0.3 is 9.47 Å². The number of H-pyrrole nitrogens is 1. The van der Waals surface area contributed by atoms with E-state index < -0.39 is 5.69 Å². The lowest BCUT2D eigenvalue weighted by Gasteiger charge is -2.13. The van der Waals surface area contributed by atoms with Crippen LogP contribution in [0.3, 0.4) is 0 Å². The van der Waals surface area contributed by atoms with Crippen LogP contribution < -0.4 is 15.2 Å². The highest BCUT2D eigenvalue weighted by Gasteiger charge is 2.18. The van der Waals surface area contributed by atoms with Gasteiger partial charge in [-0.2, -0.15) is 4.68 Å². The molecule has 0 radical (unpaired) electrons. The fraction of sp³-hybridized carbons (Fsp3) is 0.308. The number of nitrogens with zero attached hydrogens (tertiary/aromatic N) is 6. The molecule has 10 nitrogen and oxygen atoms in total. The highest BCUT2D eigenvalue weighted by molar-refractivity contribution is 5.43. The van der Waals surface area contributed by atoms with Crippen LogP contribution in [0.5, 0.6) is 11.6 Å². The summed E-state index contributed by atoms with van der Waals surface area (Å²) in [6, 6.07) is 3.23. The van der Waals surface area contributed by atoms with Gasteiger partial charge in [-0.05, 0) is 23.4 Å². The highest BCUT2D eigenvalue weighted by Crippen LogP contribution is 2.24. The smallest absolute Gasteiger partial charge is 0.369 e. The molecule has 0 aliphatic carbocycles. The molecule has 120 valence electrons. The number of rotatable bonds is 6. The second-order valence-corrected chi connectivity index (χ2v) is 4.50. The van der Waals surface area contributed by atoms with Crippen LogP contribution >= 0.6 is 0 Å². The Kier molecular flexibility index (Phi) is 3.69. The van der Waals surface area contributed by atoms with E-state index >= 15 is 0 Å². The Bertz CT molecular complexity index is 901. The first kappa shape index (κ1) is 13.5. The fourth-order valence-corrected chi connectivity index (χ4v) is 1.96. The van der Waals surface area contributed by atoms with Gasteiger partial charge in [0.05, 0.1) is 12.2 Å². The van der Waals surface area contributed by atoms with Crippen molar-refractivity contribution in [2.24, 2.45) is 7.05 Å². The minimum absolute atomic E-state index is 0.0402. The van der Waals surface area contributed by atoms with Gasteiger partial charge in [0.15, 0.2) is 7.23 Å². The molecule has 0 saturated carbocycles. The van der Waals surface area contributed by atoms with E-state index in [1.54, 1.807) is 12.1 Å². The molecule has 0 aromatic carbocycles. The van der Waals surface area contributed by atoms with Crippen molar-refractivity contribution >= 4 is 0 Å². The molecule has 3 rings (SSSR count). The van der Waals surface area contributed by atoms with Crippen molar-refractivity contribution in [1.29, 1.82) is 0 Å². The maximum atomic E-state index is 12.1. The summed E-state index contributed by atoms with van der Waals surface area (Å²) in [7, 11) is 1.50. The van der Waals surface area contributed by atoms with Crippen LogP contribution in [0.1, 0.15) is 12.5 Å². The minimum atomic E-state index is -0.437. The average Bonchev–Trinajstić information content (AvgIpc) is 3.13. The molecule has 3 aromatic heterocycles.